The Balaban J connectivity index is 1.47. The third kappa shape index (κ3) is 6.12. The lowest BCUT2D eigenvalue weighted by Gasteiger charge is -2.24. The molecule has 0 saturated heterocycles. The van der Waals surface area contributed by atoms with Gasteiger partial charge in [-0.1, -0.05) is 55.5 Å². The number of rotatable bonds is 10. The van der Waals surface area contributed by atoms with Gasteiger partial charge in [-0.3, -0.25) is 9.59 Å². The highest BCUT2D eigenvalue weighted by Crippen LogP contribution is 2.44. The zero-order chi connectivity index (χ0) is 24.0. The minimum absolute atomic E-state index is 0.0211. The maximum atomic E-state index is 12.5. The zero-order valence-corrected chi connectivity index (χ0v) is 19.4. The molecule has 3 N–H and O–H groups in total. The van der Waals surface area contributed by atoms with Gasteiger partial charge in [-0.05, 0) is 48.4 Å². The van der Waals surface area contributed by atoms with Crippen molar-refractivity contribution in [2.75, 3.05) is 19.7 Å². The van der Waals surface area contributed by atoms with Crippen LogP contribution in [0.5, 0.6) is 0 Å². The van der Waals surface area contributed by atoms with E-state index in [0.29, 0.717) is 13.0 Å². The van der Waals surface area contributed by atoms with Crippen molar-refractivity contribution < 1.29 is 24.2 Å². The maximum absolute atomic E-state index is 12.5. The van der Waals surface area contributed by atoms with Crippen LogP contribution in [0.3, 0.4) is 0 Å². The first-order valence-electron chi connectivity index (χ1n) is 11.3. The van der Waals surface area contributed by atoms with E-state index < -0.39 is 17.5 Å². The summed E-state index contributed by atoms with van der Waals surface area (Å²) in [5.41, 5.74) is 3.78. The van der Waals surface area contributed by atoms with E-state index in [2.05, 4.69) is 34.9 Å². The minimum atomic E-state index is -0.846. The number of nitrogens with one attached hydrogen (secondary N) is 2. The molecular weight excluding hydrogens is 420 g/mol. The molecule has 0 radical (unpaired) electrons. The number of hydrogen-bond acceptors (Lipinski definition) is 4. The molecule has 7 heteroatoms. The molecule has 33 heavy (non-hydrogen) atoms. The smallest absolute Gasteiger partial charge is 0.407 e. The summed E-state index contributed by atoms with van der Waals surface area (Å²) in [6, 6.07) is 16.3. The fourth-order valence-corrected chi connectivity index (χ4v) is 4.09. The van der Waals surface area contributed by atoms with Crippen LogP contribution in [0.25, 0.3) is 11.1 Å². The molecule has 2 aromatic carbocycles. The van der Waals surface area contributed by atoms with Crippen molar-refractivity contribution in [2.45, 2.75) is 39.5 Å². The van der Waals surface area contributed by atoms with Gasteiger partial charge in [-0.2, -0.15) is 0 Å². The van der Waals surface area contributed by atoms with E-state index in [1.807, 2.05) is 31.2 Å². The van der Waals surface area contributed by atoms with E-state index in [-0.39, 0.29) is 37.3 Å². The monoisotopic (exact) mass is 452 g/mol. The molecule has 1 atom stereocenters. The van der Waals surface area contributed by atoms with Crippen LogP contribution in [0.1, 0.15) is 50.7 Å². The zero-order valence-electron chi connectivity index (χ0n) is 19.4. The molecule has 0 saturated carbocycles. The highest BCUT2D eigenvalue weighted by atomic mass is 16.5. The summed E-state index contributed by atoms with van der Waals surface area (Å²) in [7, 11) is 0. The second kappa shape index (κ2) is 10.5. The highest BCUT2D eigenvalue weighted by molar-refractivity contribution is 5.83. The Morgan fingerprint density at radius 1 is 1.00 bits per heavy atom. The number of amides is 2. The standard InChI is InChI=1S/C26H32N2O5/c1-17(14-23(29)30)12-13-27-24(31)26(2,3)16-28-25(32)33-15-22-20-10-6-4-8-18(20)19-9-5-7-11-21(19)22/h4-11,17,22H,12-16H2,1-3H3,(H,27,31)(H,28,32)(H,29,30). The first-order valence-corrected chi connectivity index (χ1v) is 11.3. The molecule has 0 heterocycles. The molecule has 7 nitrogen and oxygen atoms in total. The predicted molar refractivity (Wildman–Crippen MR) is 126 cm³/mol. The Labute approximate surface area is 194 Å². The van der Waals surface area contributed by atoms with E-state index in [0.717, 1.165) is 22.3 Å². The van der Waals surface area contributed by atoms with E-state index in [4.69, 9.17) is 9.84 Å². The normalized spacial score (nSPS) is 13.5. The third-order valence-corrected chi connectivity index (χ3v) is 6.08. The number of fused-ring (bicyclic) bond motifs is 3. The Hall–Kier alpha value is -3.35. The number of benzene rings is 2. The Kier molecular flexibility index (Phi) is 7.74. The quantitative estimate of drug-likeness (QED) is 0.502. The van der Waals surface area contributed by atoms with Crippen LogP contribution in [-0.2, 0) is 14.3 Å². The second-order valence-electron chi connectivity index (χ2n) is 9.31. The molecule has 176 valence electrons. The molecule has 0 aliphatic heterocycles. The predicted octanol–water partition coefficient (Wildman–Crippen LogP) is 4.17. The van der Waals surface area contributed by atoms with Gasteiger partial charge in [0.25, 0.3) is 0 Å². The summed E-state index contributed by atoms with van der Waals surface area (Å²) in [5, 5.41) is 14.3. The van der Waals surface area contributed by atoms with Crippen molar-refractivity contribution in [2.24, 2.45) is 11.3 Å². The van der Waals surface area contributed by atoms with Gasteiger partial charge in [0, 0.05) is 25.4 Å². The summed E-state index contributed by atoms with van der Waals surface area (Å²) in [5.74, 6) is -1.09. The van der Waals surface area contributed by atoms with Crippen molar-refractivity contribution in [1.82, 2.24) is 10.6 Å². The van der Waals surface area contributed by atoms with Crippen LogP contribution in [0.15, 0.2) is 48.5 Å². The van der Waals surface area contributed by atoms with Gasteiger partial charge in [0.2, 0.25) is 5.91 Å². The molecule has 1 aliphatic carbocycles. The lowest BCUT2D eigenvalue weighted by atomic mass is 9.92. The molecule has 0 aromatic heterocycles. The van der Waals surface area contributed by atoms with Gasteiger partial charge < -0.3 is 20.5 Å². The molecule has 3 rings (SSSR count). The van der Waals surface area contributed by atoms with E-state index in [1.54, 1.807) is 13.8 Å². The number of alkyl carbamates (subject to hydrolysis) is 1. The van der Waals surface area contributed by atoms with E-state index in [1.165, 1.54) is 0 Å². The number of aliphatic carboxylic acids is 1. The number of hydrogen-bond donors (Lipinski definition) is 3. The largest absolute Gasteiger partial charge is 0.481 e. The topological polar surface area (TPSA) is 105 Å². The molecule has 0 bridgehead atoms. The Morgan fingerprint density at radius 2 is 1.58 bits per heavy atom. The van der Waals surface area contributed by atoms with Crippen LogP contribution in [-0.4, -0.2) is 42.8 Å². The summed E-state index contributed by atoms with van der Waals surface area (Å²) < 4.78 is 5.53. The van der Waals surface area contributed by atoms with Crippen LogP contribution in [0, 0.1) is 11.3 Å². The van der Waals surface area contributed by atoms with Crippen molar-refractivity contribution in [3.8, 4) is 11.1 Å². The lowest BCUT2D eigenvalue weighted by molar-refractivity contribution is -0.138. The summed E-state index contributed by atoms with van der Waals surface area (Å²) >= 11 is 0. The number of carboxylic acid groups (broad SMARTS) is 1. The van der Waals surface area contributed by atoms with Crippen LogP contribution in [0.2, 0.25) is 0 Å². The van der Waals surface area contributed by atoms with E-state index >= 15 is 0 Å². The fourth-order valence-electron chi connectivity index (χ4n) is 4.09. The first-order chi connectivity index (χ1) is 15.7. The van der Waals surface area contributed by atoms with Crippen LogP contribution >= 0.6 is 0 Å². The van der Waals surface area contributed by atoms with Crippen molar-refractivity contribution in [3.05, 3.63) is 59.7 Å². The molecular formula is C26H32N2O5. The SMILES string of the molecule is CC(CCNC(=O)C(C)(C)CNC(=O)OCC1c2ccccc2-c2ccccc21)CC(=O)O. The summed E-state index contributed by atoms with van der Waals surface area (Å²) in [6.07, 6.45) is 0.0871. The molecule has 0 spiro atoms. The van der Waals surface area contributed by atoms with Crippen molar-refractivity contribution in [3.63, 3.8) is 0 Å². The van der Waals surface area contributed by atoms with E-state index in [9.17, 15) is 14.4 Å². The molecule has 2 amide bonds. The van der Waals surface area contributed by atoms with Gasteiger partial charge >= 0.3 is 12.1 Å². The molecule has 1 unspecified atom stereocenters. The summed E-state index contributed by atoms with van der Waals surface area (Å²) in [6.45, 7) is 6.05. The van der Waals surface area contributed by atoms with Crippen LogP contribution in [0.4, 0.5) is 4.79 Å². The third-order valence-electron chi connectivity index (χ3n) is 6.08. The van der Waals surface area contributed by atoms with Gasteiger partial charge in [0.05, 0.1) is 5.41 Å². The van der Waals surface area contributed by atoms with Crippen molar-refractivity contribution >= 4 is 18.0 Å². The average molecular weight is 453 g/mol. The number of ether oxygens (including phenoxy) is 1. The van der Waals surface area contributed by atoms with Gasteiger partial charge in [0.15, 0.2) is 0 Å². The lowest BCUT2D eigenvalue weighted by Crippen LogP contribution is -2.45. The van der Waals surface area contributed by atoms with Crippen molar-refractivity contribution in [1.29, 1.82) is 0 Å². The molecule has 1 aliphatic rings. The van der Waals surface area contributed by atoms with Gasteiger partial charge in [-0.15, -0.1) is 0 Å². The highest BCUT2D eigenvalue weighted by Gasteiger charge is 2.30. The first kappa shape index (κ1) is 24.3. The molecule has 2 aromatic rings. The maximum Gasteiger partial charge on any atom is 0.407 e. The number of carbonyl (C=O) groups excluding carboxylic acids is 2. The average Bonchev–Trinajstić information content (AvgIpc) is 3.09. The van der Waals surface area contributed by atoms with Gasteiger partial charge in [0.1, 0.15) is 6.61 Å². The second-order valence-corrected chi connectivity index (χ2v) is 9.31. The number of carboxylic acids is 1. The van der Waals surface area contributed by atoms with Crippen LogP contribution < -0.4 is 10.6 Å². The number of carbonyl (C=O) groups is 3. The molecule has 0 fully saturated rings. The minimum Gasteiger partial charge on any atom is -0.481 e. The summed E-state index contributed by atoms with van der Waals surface area (Å²) in [4.78, 5) is 35.6. The van der Waals surface area contributed by atoms with Gasteiger partial charge in [-0.25, -0.2) is 4.79 Å². The fraction of sp³-hybridized carbons (Fsp3) is 0.423. The Morgan fingerprint density at radius 3 is 2.15 bits per heavy atom. The Bertz CT molecular complexity index is 972.